The fourth-order valence-corrected chi connectivity index (χ4v) is 4.14. The van der Waals surface area contributed by atoms with Gasteiger partial charge >= 0.3 is 0 Å². The summed E-state index contributed by atoms with van der Waals surface area (Å²) in [6.45, 7) is 11.7. The van der Waals surface area contributed by atoms with Gasteiger partial charge in [0.15, 0.2) is 5.78 Å². The summed E-state index contributed by atoms with van der Waals surface area (Å²) in [5, 5.41) is 4.40. The van der Waals surface area contributed by atoms with Gasteiger partial charge in [-0.3, -0.25) is 4.79 Å². The number of nitrogens with one attached hydrogen (secondary N) is 2. The quantitative estimate of drug-likeness (QED) is 0.616. The first kappa shape index (κ1) is 19.5. The predicted molar refractivity (Wildman–Crippen MR) is 121 cm³/mol. The Balaban J connectivity index is 1.46. The number of piperazine rings is 1. The van der Waals surface area contributed by atoms with Crippen molar-refractivity contribution in [2.45, 2.75) is 26.8 Å². The average Bonchev–Trinajstić information content (AvgIpc) is 3.18. The Morgan fingerprint density at radius 3 is 2.62 bits per heavy atom. The number of aromatic amines is 1. The molecule has 1 aromatic heterocycles. The van der Waals surface area contributed by atoms with Crippen LogP contribution in [0.2, 0.25) is 0 Å². The molecule has 5 nitrogen and oxygen atoms in total. The van der Waals surface area contributed by atoms with E-state index in [4.69, 9.17) is 0 Å². The molecule has 0 saturated carbocycles. The fourth-order valence-electron chi connectivity index (χ4n) is 4.14. The van der Waals surface area contributed by atoms with Gasteiger partial charge in [0.2, 0.25) is 0 Å². The Morgan fingerprint density at radius 2 is 1.90 bits per heavy atom. The van der Waals surface area contributed by atoms with Crippen molar-refractivity contribution in [3.8, 4) is 0 Å². The van der Waals surface area contributed by atoms with E-state index in [0.29, 0.717) is 0 Å². The number of fused-ring (bicyclic) bond motifs is 1. The topological polar surface area (TPSA) is 51.4 Å². The SMILES string of the molecule is CCN1CCN(c2ccc(N[C@@H](C)C(=O)c3c[nH]c4ccccc34)c(C)c2)CC1. The third-order valence-corrected chi connectivity index (χ3v) is 6.01. The highest BCUT2D eigenvalue weighted by molar-refractivity contribution is 6.11. The molecule has 0 spiro atoms. The minimum absolute atomic E-state index is 0.0987. The van der Waals surface area contributed by atoms with E-state index in [0.717, 1.165) is 54.9 Å². The maximum atomic E-state index is 13.0. The highest BCUT2D eigenvalue weighted by Crippen LogP contribution is 2.25. The van der Waals surface area contributed by atoms with Gasteiger partial charge in [0, 0.05) is 60.2 Å². The van der Waals surface area contributed by atoms with Crippen molar-refractivity contribution in [2.75, 3.05) is 42.9 Å². The second-order valence-corrected chi connectivity index (χ2v) is 7.90. The van der Waals surface area contributed by atoms with E-state index < -0.39 is 0 Å². The van der Waals surface area contributed by atoms with Crippen molar-refractivity contribution in [1.82, 2.24) is 9.88 Å². The number of likely N-dealkylation sites (N-methyl/N-ethyl adjacent to an activating group) is 1. The summed E-state index contributed by atoms with van der Waals surface area (Å²) < 4.78 is 0. The van der Waals surface area contributed by atoms with Gasteiger partial charge in [-0.05, 0) is 50.2 Å². The molecule has 2 N–H and O–H groups in total. The molecule has 1 saturated heterocycles. The number of anilines is 2. The van der Waals surface area contributed by atoms with Gasteiger partial charge < -0.3 is 20.1 Å². The molecule has 0 unspecified atom stereocenters. The van der Waals surface area contributed by atoms with E-state index in [1.54, 1.807) is 0 Å². The summed E-state index contributed by atoms with van der Waals surface area (Å²) in [6.07, 6.45) is 1.82. The summed E-state index contributed by atoms with van der Waals surface area (Å²) in [4.78, 5) is 21.1. The molecule has 1 aliphatic heterocycles. The molecule has 0 amide bonds. The Kier molecular flexibility index (Phi) is 5.58. The molecule has 2 heterocycles. The van der Waals surface area contributed by atoms with Crippen molar-refractivity contribution >= 4 is 28.1 Å². The molecule has 5 heteroatoms. The second kappa shape index (κ2) is 8.29. The van der Waals surface area contributed by atoms with Crippen LogP contribution >= 0.6 is 0 Å². The Morgan fingerprint density at radius 1 is 1.14 bits per heavy atom. The van der Waals surface area contributed by atoms with Crippen LogP contribution in [0.25, 0.3) is 10.9 Å². The number of hydrogen-bond acceptors (Lipinski definition) is 4. The number of rotatable bonds is 6. The van der Waals surface area contributed by atoms with Crippen LogP contribution in [0.3, 0.4) is 0 Å². The molecule has 29 heavy (non-hydrogen) atoms. The largest absolute Gasteiger partial charge is 0.375 e. The molecule has 0 bridgehead atoms. The molecule has 2 aromatic carbocycles. The first-order chi connectivity index (χ1) is 14.1. The minimum atomic E-state index is -0.299. The van der Waals surface area contributed by atoms with Crippen molar-refractivity contribution in [3.05, 3.63) is 59.8 Å². The van der Waals surface area contributed by atoms with E-state index in [1.807, 2.05) is 37.4 Å². The molecule has 0 aliphatic carbocycles. The highest BCUT2D eigenvalue weighted by Gasteiger charge is 2.20. The first-order valence-corrected chi connectivity index (χ1v) is 10.5. The molecule has 1 aliphatic rings. The number of benzene rings is 2. The van der Waals surface area contributed by atoms with Crippen molar-refractivity contribution in [3.63, 3.8) is 0 Å². The number of aryl methyl sites for hydroxylation is 1. The summed E-state index contributed by atoms with van der Waals surface area (Å²) >= 11 is 0. The van der Waals surface area contributed by atoms with E-state index in [-0.39, 0.29) is 11.8 Å². The van der Waals surface area contributed by atoms with Crippen molar-refractivity contribution < 1.29 is 4.79 Å². The number of Topliss-reactive ketones (excluding diaryl/α,β-unsaturated/α-hetero) is 1. The van der Waals surface area contributed by atoms with E-state index >= 15 is 0 Å². The number of ketones is 1. The van der Waals surface area contributed by atoms with Gasteiger partial charge in [-0.1, -0.05) is 25.1 Å². The van der Waals surface area contributed by atoms with Gasteiger partial charge in [-0.2, -0.15) is 0 Å². The summed E-state index contributed by atoms with van der Waals surface area (Å²) in [5.41, 5.74) is 5.18. The van der Waals surface area contributed by atoms with Crippen molar-refractivity contribution in [1.29, 1.82) is 0 Å². The molecule has 4 rings (SSSR count). The Hall–Kier alpha value is -2.79. The average molecular weight is 391 g/mol. The minimum Gasteiger partial charge on any atom is -0.375 e. The Labute approximate surface area is 172 Å². The lowest BCUT2D eigenvalue weighted by Crippen LogP contribution is -2.46. The number of nitrogens with zero attached hydrogens (tertiary/aromatic N) is 2. The smallest absolute Gasteiger partial charge is 0.186 e. The van der Waals surface area contributed by atoms with Crippen LogP contribution in [0, 0.1) is 6.92 Å². The normalized spacial score (nSPS) is 16.2. The maximum absolute atomic E-state index is 13.0. The van der Waals surface area contributed by atoms with Crippen LogP contribution in [0.15, 0.2) is 48.7 Å². The van der Waals surface area contributed by atoms with Crippen LogP contribution in [-0.2, 0) is 0 Å². The monoisotopic (exact) mass is 390 g/mol. The third-order valence-electron chi connectivity index (χ3n) is 6.01. The van der Waals surface area contributed by atoms with Gasteiger partial charge in [0.05, 0.1) is 6.04 Å². The first-order valence-electron chi connectivity index (χ1n) is 10.5. The lowest BCUT2D eigenvalue weighted by Gasteiger charge is -2.35. The van der Waals surface area contributed by atoms with Gasteiger partial charge in [-0.25, -0.2) is 0 Å². The number of H-pyrrole nitrogens is 1. The molecular formula is C24H30N4O. The lowest BCUT2D eigenvalue weighted by atomic mass is 10.0. The summed E-state index contributed by atoms with van der Waals surface area (Å²) in [6, 6.07) is 14.1. The second-order valence-electron chi connectivity index (χ2n) is 7.90. The predicted octanol–water partition coefficient (Wildman–Crippen LogP) is 4.30. The lowest BCUT2D eigenvalue weighted by molar-refractivity contribution is 0.0977. The van der Waals surface area contributed by atoms with Crippen LogP contribution in [0.5, 0.6) is 0 Å². The van der Waals surface area contributed by atoms with Gasteiger partial charge in [0.1, 0.15) is 0 Å². The zero-order valence-electron chi connectivity index (χ0n) is 17.5. The fraction of sp³-hybridized carbons (Fsp3) is 0.375. The number of para-hydroxylation sites is 1. The van der Waals surface area contributed by atoms with Crippen LogP contribution in [0.1, 0.15) is 29.8 Å². The van der Waals surface area contributed by atoms with E-state index in [2.05, 4.69) is 52.1 Å². The van der Waals surface area contributed by atoms with Crippen LogP contribution < -0.4 is 10.2 Å². The standard InChI is InChI=1S/C24H30N4O/c1-4-27-11-13-28(14-12-27)19-9-10-22(17(2)15-19)26-18(3)24(29)21-16-25-23-8-6-5-7-20(21)23/h5-10,15-16,18,25-26H,4,11-14H2,1-3H3/t18-/m0/s1. The van der Waals surface area contributed by atoms with Crippen LogP contribution in [0.4, 0.5) is 11.4 Å². The number of aromatic nitrogens is 1. The molecule has 0 radical (unpaired) electrons. The number of carbonyl (C=O) groups is 1. The summed E-state index contributed by atoms with van der Waals surface area (Å²) in [5.74, 6) is 0.0987. The van der Waals surface area contributed by atoms with E-state index in [9.17, 15) is 4.79 Å². The van der Waals surface area contributed by atoms with Gasteiger partial charge in [0.25, 0.3) is 0 Å². The summed E-state index contributed by atoms with van der Waals surface area (Å²) in [7, 11) is 0. The Bertz CT molecular complexity index is 1000. The molecule has 1 fully saturated rings. The van der Waals surface area contributed by atoms with Gasteiger partial charge in [-0.15, -0.1) is 0 Å². The van der Waals surface area contributed by atoms with Crippen LogP contribution in [-0.4, -0.2) is 54.4 Å². The zero-order valence-corrected chi connectivity index (χ0v) is 17.5. The maximum Gasteiger partial charge on any atom is 0.186 e. The zero-order chi connectivity index (χ0) is 20.4. The highest BCUT2D eigenvalue weighted by atomic mass is 16.1. The number of carbonyl (C=O) groups excluding carboxylic acids is 1. The third kappa shape index (κ3) is 4.01. The molecule has 152 valence electrons. The molecular weight excluding hydrogens is 360 g/mol. The van der Waals surface area contributed by atoms with E-state index in [1.165, 1.54) is 11.3 Å². The van der Waals surface area contributed by atoms with Crippen molar-refractivity contribution in [2.24, 2.45) is 0 Å². The molecule has 1 atom stereocenters. The molecule has 3 aromatic rings. The number of hydrogen-bond donors (Lipinski definition) is 2.